The minimum absolute atomic E-state index is 0.0169. The van der Waals surface area contributed by atoms with Gasteiger partial charge in [-0.1, -0.05) is 54.6 Å². The van der Waals surface area contributed by atoms with Crippen molar-refractivity contribution in [2.24, 2.45) is 18.4 Å². The van der Waals surface area contributed by atoms with Gasteiger partial charge in [0, 0.05) is 31.5 Å². The van der Waals surface area contributed by atoms with E-state index in [0.29, 0.717) is 0 Å². The lowest BCUT2D eigenvalue weighted by molar-refractivity contribution is -0.244. The number of pyridine rings is 1. The molecule has 8 nitrogen and oxygen atoms in total. The van der Waals surface area contributed by atoms with E-state index in [4.69, 9.17) is 4.74 Å². The summed E-state index contributed by atoms with van der Waals surface area (Å²) in [5, 5.41) is 12.2. The minimum Gasteiger partial charge on any atom is -0.480 e. The number of halogens is 9. The van der Waals surface area contributed by atoms with E-state index >= 15 is 0 Å². The predicted molar refractivity (Wildman–Crippen MR) is 178 cm³/mol. The first-order valence-corrected chi connectivity index (χ1v) is 16.9. The van der Waals surface area contributed by atoms with E-state index in [9.17, 15) is 59.0 Å². The maximum Gasteiger partial charge on any atom is 0.417 e. The molecule has 0 saturated carbocycles. The first-order chi connectivity index (χ1) is 25.3. The van der Waals surface area contributed by atoms with Gasteiger partial charge in [0.1, 0.15) is 11.5 Å². The van der Waals surface area contributed by atoms with Crippen molar-refractivity contribution in [1.29, 1.82) is 0 Å². The monoisotopic (exact) mass is 771 g/mol. The van der Waals surface area contributed by atoms with E-state index in [0.717, 1.165) is 4.57 Å². The molecule has 3 heterocycles. The summed E-state index contributed by atoms with van der Waals surface area (Å²) in [4.78, 5) is 40.8. The van der Waals surface area contributed by atoms with Crippen molar-refractivity contribution in [2.75, 3.05) is 26.3 Å². The molecule has 2 N–H and O–H groups in total. The summed E-state index contributed by atoms with van der Waals surface area (Å²) in [6.45, 7) is -1.69. The molecule has 0 bridgehead atoms. The van der Waals surface area contributed by atoms with Gasteiger partial charge in [-0.2, -0.15) is 39.5 Å². The van der Waals surface area contributed by atoms with Gasteiger partial charge in [0.25, 0.3) is 5.56 Å². The highest BCUT2D eigenvalue weighted by Crippen LogP contribution is 2.48. The van der Waals surface area contributed by atoms with Gasteiger partial charge in [0.15, 0.2) is 0 Å². The molecule has 4 aromatic rings. The Morgan fingerprint density at radius 2 is 1.54 bits per heavy atom. The number of nitrogens with zero attached hydrogens (tertiary/aromatic N) is 2. The lowest BCUT2D eigenvalue weighted by Gasteiger charge is -2.47. The minimum atomic E-state index is -5.19. The second kappa shape index (κ2) is 14.2. The Morgan fingerprint density at radius 3 is 2.17 bits per heavy atom. The van der Waals surface area contributed by atoms with E-state index in [-0.39, 0.29) is 45.8 Å². The number of benzene rings is 3. The molecule has 2 saturated heterocycles. The predicted octanol–water partition coefficient (Wildman–Crippen LogP) is 7.10. The molecule has 17 heteroatoms. The SMILES string of the molecule is Cn1c(=O)c(-c2cccc3c(C[C@H](NC(=O)C4(C(F)(F)F)CCN(C5CCOCC5C(F)(F)F)CC4)C(=O)O)cccc23)c(C(F)(F)F)c2ccccc21. The number of nitrogens with one attached hydrogen (secondary N) is 1. The van der Waals surface area contributed by atoms with Crippen molar-refractivity contribution >= 4 is 33.6 Å². The number of aryl methyl sites for hydroxylation is 1. The van der Waals surface area contributed by atoms with E-state index in [2.05, 4.69) is 0 Å². The van der Waals surface area contributed by atoms with Crippen molar-refractivity contribution in [3.8, 4) is 11.1 Å². The number of aromatic nitrogens is 1. The van der Waals surface area contributed by atoms with Gasteiger partial charge in [0.05, 0.1) is 29.2 Å². The zero-order valence-corrected chi connectivity index (χ0v) is 28.5. The maximum atomic E-state index is 14.7. The number of alkyl halides is 9. The first kappa shape index (κ1) is 39.1. The number of rotatable bonds is 7. The summed E-state index contributed by atoms with van der Waals surface area (Å²) in [5.74, 6) is -5.29. The molecule has 2 aliphatic rings. The molecular weight excluding hydrogens is 737 g/mol. The van der Waals surface area contributed by atoms with Crippen LogP contribution in [0.2, 0.25) is 0 Å². The van der Waals surface area contributed by atoms with Crippen molar-refractivity contribution in [3.05, 3.63) is 82.1 Å². The number of aliphatic carboxylic acids is 1. The average Bonchev–Trinajstić information content (AvgIpc) is 3.11. The Labute approximate surface area is 301 Å². The number of para-hydroxylation sites is 1. The number of piperidine rings is 1. The summed E-state index contributed by atoms with van der Waals surface area (Å²) < 4.78 is 135. The number of carboxylic acids is 1. The van der Waals surface area contributed by atoms with Crippen molar-refractivity contribution in [3.63, 3.8) is 0 Å². The molecule has 1 amide bonds. The fraction of sp³-hybridized carbons (Fsp3) is 0.432. The molecule has 0 radical (unpaired) electrons. The lowest BCUT2D eigenvalue weighted by Crippen LogP contribution is -2.61. The van der Waals surface area contributed by atoms with Gasteiger partial charge >= 0.3 is 24.5 Å². The van der Waals surface area contributed by atoms with Crippen molar-refractivity contribution in [1.82, 2.24) is 14.8 Å². The van der Waals surface area contributed by atoms with Crippen LogP contribution < -0.4 is 10.9 Å². The normalized spacial score (nSPS) is 20.6. The summed E-state index contributed by atoms with van der Waals surface area (Å²) in [6.07, 6.45) is -17.3. The van der Waals surface area contributed by atoms with Crippen LogP contribution in [-0.2, 0) is 34.0 Å². The average molecular weight is 772 g/mol. The third kappa shape index (κ3) is 7.03. The van der Waals surface area contributed by atoms with Gasteiger partial charge in [-0.25, -0.2) is 4.79 Å². The lowest BCUT2D eigenvalue weighted by atomic mass is 9.75. The van der Waals surface area contributed by atoms with Gasteiger partial charge in [-0.05, 0) is 60.3 Å². The van der Waals surface area contributed by atoms with Gasteiger partial charge < -0.3 is 19.7 Å². The van der Waals surface area contributed by atoms with Crippen LogP contribution in [0.4, 0.5) is 39.5 Å². The van der Waals surface area contributed by atoms with Gasteiger partial charge in [-0.15, -0.1) is 0 Å². The fourth-order valence-corrected chi connectivity index (χ4v) is 7.88. The van der Waals surface area contributed by atoms with Crippen LogP contribution in [0.15, 0.2) is 65.5 Å². The number of likely N-dealkylation sites (tertiary alicyclic amines) is 1. The van der Waals surface area contributed by atoms with Crippen LogP contribution in [0.5, 0.6) is 0 Å². The first-order valence-electron chi connectivity index (χ1n) is 16.9. The largest absolute Gasteiger partial charge is 0.480 e. The molecule has 2 unspecified atom stereocenters. The highest BCUT2D eigenvalue weighted by molar-refractivity contribution is 6.02. The van der Waals surface area contributed by atoms with Gasteiger partial charge in [-0.3, -0.25) is 14.5 Å². The summed E-state index contributed by atoms with van der Waals surface area (Å²) >= 11 is 0. The standard InChI is InChI=1S/C37H34F9N3O5/c1-48-27-11-3-2-7-24(27)30(36(41,42)43)29(31(48)50)23-10-5-8-21-20(6-4-9-22(21)23)18-26(32(51)52)47-33(53)34(37(44,45)46)13-15-49(16-14-34)28-12-17-54-19-25(28)35(38,39)40/h2-11,25-26,28H,12-19H2,1H3,(H,47,53)(H,51,52)/t25?,26-,28?/m0/s1. The second-order valence-electron chi connectivity index (χ2n) is 13.7. The fourth-order valence-electron chi connectivity index (χ4n) is 7.88. The Hall–Kier alpha value is -4.64. The third-order valence-electron chi connectivity index (χ3n) is 10.7. The topological polar surface area (TPSA) is 101 Å². The quantitative estimate of drug-likeness (QED) is 0.195. The highest BCUT2D eigenvalue weighted by Gasteiger charge is 2.62. The highest BCUT2D eigenvalue weighted by atomic mass is 19.4. The summed E-state index contributed by atoms with van der Waals surface area (Å²) in [5.41, 5.74) is -5.84. The van der Waals surface area contributed by atoms with Crippen LogP contribution in [0.3, 0.4) is 0 Å². The summed E-state index contributed by atoms with van der Waals surface area (Å²) in [6, 6.07) is 10.7. The van der Waals surface area contributed by atoms with Crippen LogP contribution >= 0.6 is 0 Å². The molecular formula is C37H34F9N3O5. The molecule has 1 aromatic heterocycles. The van der Waals surface area contributed by atoms with E-state index in [1.165, 1.54) is 72.6 Å². The number of carboxylic acid groups (broad SMARTS) is 1. The van der Waals surface area contributed by atoms with Crippen molar-refractivity contribution in [2.45, 2.75) is 56.3 Å². The van der Waals surface area contributed by atoms with Crippen LogP contribution in [0.1, 0.15) is 30.4 Å². The van der Waals surface area contributed by atoms with Crippen LogP contribution in [0.25, 0.3) is 32.8 Å². The molecule has 3 atom stereocenters. The van der Waals surface area contributed by atoms with Crippen LogP contribution in [-0.4, -0.2) is 77.2 Å². The number of amides is 1. The molecule has 54 heavy (non-hydrogen) atoms. The van der Waals surface area contributed by atoms with E-state index in [1.54, 1.807) is 0 Å². The Bertz CT molecular complexity index is 2140. The molecule has 6 rings (SSSR count). The Kier molecular flexibility index (Phi) is 10.3. The number of carbonyl (C=O) groups is 2. The van der Waals surface area contributed by atoms with Gasteiger partial charge in [0.2, 0.25) is 5.91 Å². The molecule has 2 aliphatic heterocycles. The molecule has 290 valence electrons. The number of carbonyl (C=O) groups excluding carboxylic acids is 1. The number of ether oxygens (including phenoxy) is 1. The molecule has 0 spiro atoms. The van der Waals surface area contributed by atoms with Crippen molar-refractivity contribution < 1.29 is 58.9 Å². The Morgan fingerprint density at radius 1 is 0.907 bits per heavy atom. The number of hydrogen-bond acceptors (Lipinski definition) is 5. The van der Waals surface area contributed by atoms with Crippen LogP contribution in [0, 0.1) is 11.3 Å². The van der Waals surface area contributed by atoms with E-state index in [1.807, 2.05) is 5.32 Å². The smallest absolute Gasteiger partial charge is 0.417 e. The third-order valence-corrected chi connectivity index (χ3v) is 10.7. The second-order valence-corrected chi connectivity index (χ2v) is 13.7. The number of hydrogen-bond donors (Lipinski definition) is 2. The zero-order valence-electron chi connectivity index (χ0n) is 28.5. The van der Waals surface area contributed by atoms with E-state index < -0.39 is 109 Å². The molecule has 2 fully saturated rings. The zero-order chi connectivity index (χ0) is 39.4. The molecule has 0 aliphatic carbocycles. The number of fused-ring (bicyclic) bond motifs is 2. The molecule has 3 aromatic carbocycles. The summed E-state index contributed by atoms with van der Waals surface area (Å²) in [7, 11) is 1.33. The maximum absolute atomic E-state index is 14.7. The Balaban J connectivity index is 1.32.